The van der Waals surface area contributed by atoms with Crippen molar-refractivity contribution >= 4 is 40.1 Å². The van der Waals surface area contributed by atoms with E-state index in [0.29, 0.717) is 21.4 Å². The summed E-state index contributed by atoms with van der Waals surface area (Å²) in [6.45, 7) is 1.53. The van der Waals surface area contributed by atoms with Gasteiger partial charge in [-0.25, -0.2) is 4.99 Å². The number of carbonyl (C=O) groups is 1. The minimum atomic E-state index is -0.0571. The molecule has 1 N–H and O–H groups in total. The Labute approximate surface area is 139 Å². The van der Waals surface area contributed by atoms with Crippen molar-refractivity contribution in [3.8, 4) is 6.19 Å². The first-order chi connectivity index (χ1) is 10.7. The van der Waals surface area contributed by atoms with Crippen LogP contribution in [0.1, 0.15) is 29.6 Å². The molecule has 0 unspecified atom stereocenters. The van der Waals surface area contributed by atoms with Gasteiger partial charge in [0.25, 0.3) is 5.91 Å². The lowest BCUT2D eigenvalue weighted by atomic mass is 10.1. The number of hydrogen-bond acceptors (Lipinski definition) is 4. The third kappa shape index (κ3) is 4.15. The van der Waals surface area contributed by atoms with Gasteiger partial charge in [0.15, 0.2) is 11.4 Å². The second-order valence-electron chi connectivity index (χ2n) is 4.87. The smallest absolute Gasteiger partial charge is 0.256 e. The molecule has 0 spiro atoms. The van der Waals surface area contributed by atoms with E-state index in [1.165, 1.54) is 11.8 Å². The third-order valence-corrected chi connectivity index (χ3v) is 4.23. The topological polar surface area (TPSA) is 68.5 Å². The number of likely N-dealkylation sites (tertiary alicyclic amines) is 1. The lowest BCUT2D eigenvalue weighted by Gasteiger charge is -2.27. The lowest BCUT2D eigenvalue weighted by Crippen LogP contribution is -2.35. The summed E-state index contributed by atoms with van der Waals surface area (Å²) < 4.78 is 0. The third-order valence-electron chi connectivity index (χ3n) is 3.41. The summed E-state index contributed by atoms with van der Waals surface area (Å²) in [5, 5.41) is 12.2. The Hall–Kier alpha value is -1.71. The molecule has 1 fully saturated rings. The number of benzene rings is 1. The van der Waals surface area contributed by atoms with Crippen LogP contribution >= 0.6 is 23.4 Å². The number of rotatable bonds is 2. The summed E-state index contributed by atoms with van der Waals surface area (Å²) in [6.07, 6.45) is 6.86. The molecule has 116 valence electrons. The largest absolute Gasteiger partial charge is 0.339 e. The maximum absolute atomic E-state index is 12.7. The Kier molecular flexibility index (Phi) is 6.10. The van der Waals surface area contributed by atoms with Gasteiger partial charge in [-0.2, -0.15) is 5.26 Å². The highest BCUT2D eigenvalue weighted by atomic mass is 35.5. The minimum absolute atomic E-state index is 0.0571. The molecule has 7 heteroatoms. The molecule has 0 bridgehead atoms. The average molecular weight is 337 g/mol. The van der Waals surface area contributed by atoms with Crippen LogP contribution < -0.4 is 5.32 Å². The number of aliphatic imine (C=N–C) groups is 1. The van der Waals surface area contributed by atoms with Gasteiger partial charge >= 0.3 is 0 Å². The molecule has 2 rings (SSSR count). The van der Waals surface area contributed by atoms with Gasteiger partial charge < -0.3 is 4.90 Å². The molecule has 1 aliphatic rings. The molecule has 0 atom stereocenters. The summed E-state index contributed by atoms with van der Waals surface area (Å²) in [7, 11) is 0. The molecule has 5 nitrogen and oxygen atoms in total. The van der Waals surface area contributed by atoms with Gasteiger partial charge in [0.1, 0.15) is 0 Å². The van der Waals surface area contributed by atoms with Gasteiger partial charge in [0, 0.05) is 18.1 Å². The van der Waals surface area contributed by atoms with E-state index < -0.39 is 0 Å². The predicted molar refractivity (Wildman–Crippen MR) is 90.6 cm³/mol. The van der Waals surface area contributed by atoms with Crippen LogP contribution in [-0.4, -0.2) is 35.3 Å². The van der Waals surface area contributed by atoms with Crippen LogP contribution in [0.4, 0.5) is 5.69 Å². The Balaban J connectivity index is 2.35. The second-order valence-corrected chi connectivity index (χ2v) is 6.10. The van der Waals surface area contributed by atoms with Crippen molar-refractivity contribution in [1.29, 1.82) is 5.26 Å². The number of hydrogen-bond donors (Lipinski definition) is 1. The zero-order valence-electron chi connectivity index (χ0n) is 12.3. The summed E-state index contributed by atoms with van der Waals surface area (Å²) in [5.74, 6) is -0.0571. The van der Waals surface area contributed by atoms with Crippen LogP contribution in [0, 0.1) is 11.5 Å². The van der Waals surface area contributed by atoms with Crippen LogP contribution in [0.25, 0.3) is 0 Å². The Morgan fingerprint density at radius 1 is 1.41 bits per heavy atom. The average Bonchev–Trinajstić information content (AvgIpc) is 2.56. The number of thioether (sulfide) groups is 1. The molecular formula is C15H17ClN4OS. The van der Waals surface area contributed by atoms with E-state index in [9.17, 15) is 4.79 Å². The number of nitrogens with zero attached hydrogens (tertiary/aromatic N) is 3. The fraction of sp³-hybridized carbons (Fsp3) is 0.400. The van der Waals surface area contributed by atoms with Crippen LogP contribution in [0.2, 0.25) is 5.02 Å². The van der Waals surface area contributed by atoms with Gasteiger partial charge in [-0.3, -0.25) is 10.1 Å². The van der Waals surface area contributed by atoms with Gasteiger partial charge in [0.05, 0.1) is 11.3 Å². The number of halogens is 1. The molecule has 0 aliphatic carbocycles. The Bertz CT molecular complexity index is 620. The quantitative estimate of drug-likeness (QED) is 0.389. The molecule has 22 heavy (non-hydrogen) atoms. The minimum Gasteiger partial charge on any atom is -0.339 e. The molecule has 1 amide bonds. The Morgan fingerprint density at radius 3 is 2.77 bits per heavy atom. The molecule has 1 saturated heterocycles. The lowest BCUT2D eigenvalue weighted by molar-refractivity contribution is 0.0725. The summed E-state index contributed by atoms with van der Waals surface area (Å²) in [5.41, 5.74) is 0.993. The van der Waals surface area contributed by atoms with Crippen molar-refractivity contribution in [3.05, 3.63) is 28.8 Å². The first-order valence-electron chi connectivity index (χ1n) is 7.02. The zero-order chi connectivity index (χ0) is 15.9. The van der Waals surface area contributed by atoms with Gasteiger partial charge in [0.2, 0.25) is 0 Å². The van der Waals surface area contributed by atoms with Crippen molar-refractivity contribution in [2.75, 3.05) is 19.3 Å². The molecule has 1 aromatic carbocycles. The normalized spacial score (nSPS) is 15.3. The van der Waals surface area contributed by atoms with E-state index in [0.717, 1.165) is 32.4 Å². The first kappa shape index (κ1) is 16.7. The van der Waals surface area contributed by atoms with Crippen LogP contribution in [0.3, 0.4) is 0 Å². The highest BCUT2D eigenvalue weighted by Gasteiger charge is 2.21. The molecule has 0 radical (unpaired) electrons. The van der Waals surface area contributed by atoms with Gasteiger partial charge in [-0.15, -0.1) is 0 Å². The fourth-order valence-corrected chi connectivity index (χ4v) is 2.84. The standard InChI is InChI=1S/C15H17ClN4OS/c1-22-15(18-10-17)19-13-6-5-11(16)9-12(13)14(21)20-7-3-2-4-8-20/h5-6,9H,2-4,7-8H2,1H3,(H,18,19). The molecule has 0 aromatic heterocycles. The van der Waals surface area contributed by atoms with E-state index in [2.05, 4.69) is 10.3 Å². The highest BCUT2D eigenvalue weighted by molar-refractivity contribution is 8.13. The number of piperidine rings is 1. The van der Waals surface area contributed by atoms with Crippen molar-refractivity contribution in [3.63, 3.8) is 0 Å². The summed E-state index contributed by atoms with van der Waals surface area (Å²) >= 11 is 7.35. The molecule has 1 heterocycles. The fourth-order valence-electron chi connectivity index (χ4n) is 2.33. The van der Waals surface area contributed by atoms with E-state index in [1.807, 2.05) is 17.3 Å². The van der Waals surface area contributed by atoms with E-state index in [-0.39, 0.29) is 5.91 Å². The number of carbonyl (C=O) groups excluding carboxylic acids is 1. The SMILES string of the molecule is CSC(=Nc1ccc(Cl)cc1C(=O)N1CCCCC1)NC#N. The summed E-state index contributed by atoms with van der Waals surface area (Å²) in [4.78, 5) is 18.9. The van der Waals surface area contributed by atoms with Crippen molar-refractivity contribution in [2.45, 2.75) is 19.3 Å². The molecule has 1 aliphatic heterocycles. The zero-order valence-corrected chi connectivity index (χ0v) is 13.9. The number of amidine groups is 1. The second kappa shape index (κ2) is 8.06. The molecular weight excluding hydrogens is 320 g/mol. The van der Waals surface area contributed by atoms with Crippen molar-refractivity contribution < 1.29 is 4.79 Å². The Morgan fingerprint density at radius 2 is 2.14 bits per heavy atom. The van der Waals surface area contributed by atoms with Crippen molar-refractivity contribution in [1.82, 2.24) is 10.2 Å². The van der Waals surface area contributed by atoms with Crippen LogP contribution in [0.15, 0.2) is 23.2 Å². The summed E-state index contributed by atoms with van der Waals surface area (Å²) in [6, 6.07) is 5.04. The first-order valence-corrected chi connectivity index (χ1v) is 8.62. The number of amides is 1. The molecule has 0 saturated carbocycles. The van der Waals surface area contributed by atoms with E-state index >= 15 is 0 Å². The maximum atomic E-state index is 12.7. The van der Waals surface area contributed by atoms with Gasteiger partial charge in [-0.05, 0) is 43.7 Å². The molecule has 1 aromatic rings. The number of nitriles is 1. The van der Waals surface area contributed by atoms with Crippen LogP contribution in [0.5, 0.6) is 0 Å². The number of nitrogens with one attached hydrogen (secondary N) is 1. The van der Waals surface area contributed by atoms with Gasteiger partial charge in [-0.1, -0.05) is 23.4 Å². The maximum Gasteiger partial charge on any atom is 0.256 e. The van der Waals surface area contributed by atoms with Crippen LogP contribution in [-0.2, 0) is 0 Å². The van der Waals surface area contributed by atoms with E-state index in [1.54, 1.807) is 18.2 Å². The highest BCUT2D eigenvalue weighted by Crippen LogP contribution is 2.26. The predicted octanol–water partition coefficient (Wildman–Crippen LogP) is 3.39. The van der Waals surface area contributed by atoms with E-state index in [4.69, 9.17) is 16.9 Å². The van der Waals surface area contributed by atoms with Crippen molar-refractivity contribution in [2.24, 2.45) is 4.99 Å². The monoisotopic (exact) mass is 336 g/mol.